The zero-order valence-corrected chi connectivity index (χ0v) is 11.5. The van der Waals surface area contributed by atoms with E-state index < -0.39 is 0 Å². The lowest BCUT2D eigenvalue weighted by molar-refractivity contribution is 0.108. The minimum Gasteiger partial charge on any atom is -0.394 e. The number of imidazole rings is 1. The molecule has 102 valence electrons. The van der Waals surface area contributed by atoms with Gasteiger partial charge in [-0.2, -0.15) is 0 Å². The first-order valence-corrected chi connectivity index (χ1v) is 7.00. The number of rotatable bonds is 6. The molecule has 2 rings (SSSR count). The van der Waals surface area contributed by atoms with E-state index in [1.165, 1.54) is 12.8 Å². The number of hydrogen-bond acceptors (Lipinski definition) is 3. The Kier molecular flexibility index (Phi) is 4.40. The van der Waals surface area contributed by atoms with Gasteiger partial charge in [0.15, 0.2) is 0 Å². The number of aliphatic hydroxyl groups is 1. The minimum absolute atomic E-state index is 0.0608. The fraction of sp³-hybridized carbons (Fsp3) is 0.786. The van der Waals surface area contributed by atoms with Gasteiger partial charge in [-0.05, 0) is 25.2 Å². The summed E-state index contributed by atoms with van der Waals surface area (Å²) in [5, 5.41) is 13.4. The third kappa shape index (κ3) is 2.93. The van der Waals surface area contributed by atoms with Gasteiger partial charge < -0.3 is 15.0 Å². The fourth-order valence-corrected chi connectivity index (χ4v) is 3.31. The Hall–Kier alpha value is -0.870. The van der Waals surface area contributed by atoms with Crippen LogP contribution in [0.2, 0.25) is 0 Å². The number of aromatic nitrogens is 2. The highest BCUT2D eigenvalue weighted by Crippen LogP contribution is 2.38. The van der Waals surface area contributed by atoms with Crippen LogP contribution in [0.15, 0.2) is 18.7 Å². The van der Waals surface area contributed by atoms with Gasteiger partial charge in [-0.1, -0.05) is 20.3 Å². The molecule has 0 amide bonds. The van der Waals surface area contributed by atoms with Crippen molar-refractivity contribution in [3.63, 3.8) is 0 Å². The van der Waals surface area contributed by atoms with Gasteiger partial charge in [0.2, 0.25) is 0 Å². The molecule has 2 unspecified atom stereocenters. The quantitative estimate of drug-likeness (QED) is 0.810. The van der Waals surface area contributed by atoms with Crippen LogP contribution in [0.5, 0.6) is 0 Å². The van der Waals surface area contributed by atoms with Crippen LogP contribution in [-0.4, -0.2) is 32.8 Å². The van der Waals surface area contributed by atoms with Crippen molar-refractivity contribution in [2.24, 2.45) is 5.92 Å². The van der Waals surface area contributed by atoms with Crippen LogP contribution in [0, 0.1) is 5.92 Å². The molecule has 0 bridgehead atoms. The summed E-state index contributed by atoms with van der Waals surface area (Å²) in [6, 6.07) is 0.422. The molecular weight excluding hydrogens is 226 g/mol. The molecule has 2 atom stereocenters. The van der Waals surface area contributed by atoms with Crippen molar-refractivity contribution in [1.82, 2.24) is 14.9 Å². The summed E-state index contributed by atoms with van der Waals surface area (Å²) < 4.78 is 2.12. The average Bonchev–Trinajstić information content (AvgIpc) is 2.95. The molecule has 1 saturated carbocycles. The van der Waals surface area contributed by atoms with Gasteiger partial charge in [0.05, 0.1) is 12.9 Å². The number of hydrogen-bond donors (Lipinski definition) is 2. The first kappa shape index (κ1) is 13.6. The van der Waals surface area contributed by atoms with E-state index in [1.54, 1.807) is 0 Å². The van der Waals surface area contributed by atoms with Crippen molar-refractivity contribution in [1.29, 1.82) is 0 Å². The average molecular weight is 251 g/mol. The monoisotopic (exact) mass is 251 g/mol. The highest BCUT2D eigenvalue weighted by atomic mass is 16.3. The predicted octanol–water partition coefficient (Wildman–Crippen LogP) is 1.80. The molecule has 0 aliphatic heterocycles. The molecule has 1 aliphatic rings. The highest BCUT2D eigenvalue weighted by molar-refractivity contribution is 4.99. The Bertz CT molecular complexity index is 350. The predicted molar refractivity (Wildman–Crippen MR) is 72.3 cm³/mol. The normalized spacial score (nSPS) is 28.1. The maximum atomic E-state index is 9.81. The molecule has 2 N–H and O–H groups in total. The summed E-state index contributed by atoms with van der Waals surface area (Å²) >= 11 is 0. The Balaban J connectivity index is 1.96. The van der Waals surface area contributed by atoms with E-state index in [4.69, 9.17) is 0 Å². The molecule has 0 saturated heterocycles. The molecule has 1 aliphatic carbocycles. The topological polar surface area (TPSA) is 50.1 Å². The second-order valence-corrected chi connectivity index (χ2v) is 5.79. The Morgan fingerprint density at radius 1 is 1.56 bits per heavy atom. The van der Waals surface area contributed by atoms with Crippen molar-refractivity contribution in [2.45, 2.75) is 57.7 Å². The van der Waals surface area contributed by atoms with Crippen LogP contribution < -0.4 is 5.32 Å². The zero-order chi connectivity index (χ0) is 13.0. The summed E-state index contributed by atoms with van der Waals surface area (Å²) in [4.78, 5) is 4.07. The molecule has 0 radical (unpaired) electrons. The minimum atomic E-state index is -0.0608. The summed E-state index contributed by atoms with van der Waals surface area (Å²) in [5.41, 5.74) is -0.0608. The number of nitrogens with zero attached hydrogens (tertiary/aromatic N) is 2. The fourth-order valence-electron chi connectivity index (χ4n) is 3.31. The van der Waals surface area contributed by atoms with Crippen LogP contribution in [0.1, 0.15) is 39.5 Å². The van der Waals surface area contributed by atoms with Crippen molar-refractivity contribution in [2.75, 3.05) is 6.61 Å². The van der Waals surface area contributed by atoms with Crippen molar-refractivity contribution >= 4 is 0 Å². The Morgan fingerprint density at radius 2 is 2.39 bits per heavy atom. The van der Waals surface area contributed by atoms with Crippen LogP contribution in [0.25, 0.3) is 0 Å². The van der Waals surface area contributed by atoms with Crippen LogP contribution in [0.3, 0.4) is 0 Å². The van der Waals surface area contributed by atoms with Crippen molar-refractivity contribution < 1.29 is 5.11 Å². The van der Waals surface area contributed by atoms with E-state index >= 15 is 0 Å². The summed E-state index contributed by atoms with van der Waals surface area (Å²) in [5.74, 6) is 0.562. The second-order valence-electron chi connectivity index (χ2n) is 5.79. The Labute approximate surface area is 109 Å². The number of aryl methyl sites for hydroxylation is 1. The molecular formula is C14H25N3O. The third-order valence-corrected chi connectivity index (χ3v) is 4.11. The van der Waals surface area contributed by atoms with Gasteiger partial charge in [-0.15, -0.1) is 0 Å². The van der Waals surface area contributed by atoms with E-state index in [2.05, 4.69) is 28.7 Å². The Morgan fingerprint density at radius 3 is 3.00 bits per heavy atom. The summed E-state index contributed by atoms with van der Waals surface area (Å²) in [6.07, 6.45) is 10.3. The highest BCUT2D eigenvalue weighted by Gasteiger charge is 2.42. The number of nitrogens with one attached hydrogen (secondary N) is 1. The molecule has 1 aromatic rings. The van der Waals surface area contributed by atoms with Crippen molar-refractivity contribution in [3.05, 3.63) is 18.7 Å². The maximum absolute atomic E-state index is 9.81. The molecule has 1 aromatic heterocycles. The van der Waals surface area contributed by atoms with Crippen molar-refractivity contribution in [3.8, 4) is 0 Å². The van der Waals surface area contributed by atoms with Gasteiger partial charge in [0.1, 0.15) is 0 Å². The first-order chi connectivity index (χ1) is 8.66. The lowest BCUT2D eigenvalue weighted by atomic mass is 9.84. The van der Waals surface area contributed by atoms with Gasteiger partial charge in [-0.3, -0.25) is 0 Å². The first-order valence-electron chi connectivity index (χ1n) is 7.00. The second kappa shape index (κ2) is 5.85. The van der Waals surface area contributed by atoms with E-state index in [9.17, 15) is 5.11 Å². The van der Waals surface area contributed by atoms with Gasteiger partial charge in [0.25, 0.3) is 0 Å². The third-order valence-electron chi connectivity index (χ3n) is 4.11. The van der Waals surface area contributed by atoms with Gasteiger partial charge in [0, 0.05) is 30.5 Å². The molecule has 4 nitrogen and oxygen atoms in total. The van der Waals surface area contributed by atoms with Gasteiger partial charge in [-0.25, -0.2) is 4.98 Å². The maximum Gasteiger partial charge on any atom is 0.0945 e. The molecule has 1 heterocycles. The molecule has 18 heavy (non-hydrogen) atoms. The van der Waals surface area contributed by atoms with E-state index in [1.807, 2.05) is 18.7 Å². The molecule has 0 aromatic carbocycles. The van der Waals surface area contributed by atoms with E-state index in [-0.39, 0.29) is 12.1 Å². The van der Waals surface area contributed by atoms with Crippen LogP contribution in [-0.2, 0) is 6.54 Å². The van der Waals surface area contributed by atoms with Crippen LogP contribution >= 0.6 is 0 Å². The molecule has 1 fully saturated rings. The van der Waals surface area contributed by atoms with Crippen LogP contribution in [0.4, 0.5) is 0 Å². The van der Waals surface area contributed by atoms with E-state index in [0.29, 0.717) is 12.0 Å². The van der Waals surface area contributed by atoms with E-state index in [0.717, 1.165) is 19.4 Å². The lowest BCUT2D eigenvalue weighted by Crippen LogP contribution is -2.54. The standard InChI is InChI=1S/C14H25N3O/c1-12(2)16-14(10-18)6-3-4-13(14)5-8-17-9-7-15-11-17/h7,9,11-13,16,18H,3-6,8,10H2,1-2H3. The molecule has 4 heteroatoms. The smallest absolute Gasteiger partial charge is 0.0945 e. The largest absolute Gasteiger partial charge is 0.394 e. The summed E-state index contributed by atoms with van der Waals surface area (Å²) in [6.45, 7) is 5.55. The summed E-state index contributed by atoms with van der Waals surface area (Å²) in [7, 11) is 0. The number of aliphatic hydroxyl groups excluding tert-OH is 1. The SMILES string of the molecule is CC(C)NC1(CO)CCCC1CCn1ccnc1. The lowest BCUT2D eigenvalue weighted by Gasteiger charge is -2.37. The zero-order valence-electron chi connectivity index (χ0n) is 11.5. The van der Waals surface area contributed by atoms with Gasteiger partial charge >= 0.3 is 0 Å². The molecule has 0 spiro atoms.